The van der Waals surface area contributed by atoms with Crippen molar-refractivity contribution in [3.05, 3.63) is 64.4 Å². The molecule has 160 valence electrons. The van der Waals surface area contributed by atoms with Crippen LogP contribution in [-0.2, 0) is 6.18 Å². The average Bonchev–Trinajstić information content (AvgIpc) is 3.35. The maximum atomic E-state index is 13.2. The predicted octanol–water partition coefficient (Wildman–Crippen LogP) is 4.36. The molecule has 11 heteroatoms. The monoisotopic (exact) mass is 451 g/mol. The van der Waals surface area contributed by atoms with E-state index < -0.39 is 28.5 Å². The van der Waals surface area contributed by atoms with Crippen LogP contribution >= 0.6 is 11.6 Å². The summed E-state index contributed by atoms with van der Waals surface area (Å²) in [7, 11) is 1.54. The summed E-state index contributed by atoms with van der Waals surface area (Å²) in [5.74, 6) is 0.623. The number of ether oxygens (including phenoxy) is 2. The summed E-state index contributed by atoms with van der Waals surface area (Å²) >= 11 is 5.96. The van der Waals surface area contributed by atoms with Crippen LogP contribution in [0.2, 0.25) is 5.15 Å². The zero-order valence-electron chi connectivity index (χ0n) is 15.8. The Kier molecular flexibility index (Phi) is 5.10. The number of halogens is 4. The first-order valence-corrected chi connectivity index (χ1v) is 9.17. The standard InChI is InChI=1S/C20H13ClF3N3O4/c1-26(12-5-6-15-16(8-12)31-10-30-15)19(29)11-3-2-4-13(7-11)27-18(21)14(9-28)17(25-27)20(22,23)24/h2-9H,10H2,1H3. The van der Waals surface area contributed by atoms with Crippen LogP contribution in [-0.4, -0.2) is 35.8 Å². The molecule has 0 atom stereocenters. The molecule has 3 aromatic rings. The van der Waals surface area contributed by atoms with E-state index in [-0.39, 0.29) is 24.3 Å². The molecule has 0 saturated carbocycles. The van der Waals surface area contributed by atoms with E-state index in [0.717, 1.165) is 4.68 Å². The van der Waals surface area contributed by atoms with Crippen molar-refractivity contribution in [2.75, 3.05) is 18.7 Å². The van der Waals surface area contributed by atoms with Crippen molar-refractivity contribution in [2.45, 2.75) is 6.18 Å². The number of carbonyl (C=O) groups is 2. The average molecular weight is 452 g/mol. The number of rotatable bonds is 4. The number of hydrogen-bond acceptors (Lipinski definition) is 5. The van der Waals surface area contributed by atoms with Gasteiger partial charge in [0.1, 0.15) is 5.15 Å². The van der Waals surface area contributed by atoms with Crippen LogP contribution in [0.1, 0.15) is 26.4 Å². The lowest BCUT2D eigenvalue weighted by Crippen LogP contribution is -2.26. The Hall–Kier alpha value is -3.53. The molecule has 31 heavy (non-hydrogen) atoms. The number of alkyl halides is 3. The fraction of sp³-hybridized carbons (Fsp3) is 0.150. The number of nitrogens with zero attached hydrogens (tertiary/aromatic N) is 3. The number of anilines is 1. The van der Waals surface area contributed by atoms with Gasteiger partial charge in [0.25, 0.3) is 5.91 Å². The van der Waals surface area contributed by atoms with Gasteiger partial charge in [0.05, 0.1) is 11.3 Å². The van der Waals surface area contributed by atoms with Crippen molar-refractivity contribution in [2.24, 2.45) is 0 Å². The van der Waals surface area contributed by atoms with E-state index in [9.17, 15) is 22.8 Å². The molecule has 0 bridgehead atoms. The summed E-state index contributed by atoms with van der Waals surface area (Å²) in [6.07, 6.45) is -4.87. The lowest BCUT2D eigenvalue weighted by Gasteiger charge is -2.18. The summed E-state index contributed by atoms with van der Waals surface area (Å²) in [6.45, 7) is 0.0891. The lowest BCUT2D eigenvalue weighted by atomic mass is 10.1. The van der Waals surface area contributed by atoms with E-state index in [1.165, 1.54) is 29.2 Å². The first-order chi connectivity index (χ1) is 14.7. The molecule has 4 rings (SSSR count). The van der Waals surface area contributed by atoms with E-state index in [0.29, 0.717) is 17.2 Å². The number of fused-ring (bicyclic) bond motifs is 1. The van der Waals surface area contributed by atoms with Crippen LogP contribution in [0.3, 0.4) is 0 Å². The molecule has 0 aliphatic carbocycles. The van der Waals surface area contributed by atoms with Crippen LogP contribution in [0.5, 0.6) is 11.5 Å². The molecule has 1 aliphatic rings. The van der Waals surface area contributed by atoms with Gasteiger partial charge in [-0.1, -0.05) is 17.7 Å². The molecule has 1 aliphatic heterocycles. The predicted molar refractivity (Wildman–Crippen MR) is 104 cm³/mol. The van der Waals surface area contributed by atoms with E-state index >= 15 is 0 Å². The van der Waals surface area contributed by atoms with E-state index in [1.807, 2.05) is 0 Å². The molecule has 1 amide bonds. The van der Waals surface area contributed by atoms with Crippen LogP contribution in [0.25, 0.3) is 5.69 Å². The van der Waals surface area contributed by atoms with Crippen molar-refractivity contribution in [3.63, 3.8) is 0 Å². The number of amides is 1. The second kappa shape index (κ2) is 7.62. The highest BCUT2D eigenvalue weighted by atomic mass is 35.5. The van der Waals surface area contributed by atoms with E-state index in [1.54, 1.807) is 25.2 Å². The second-order valence-electron chi connectivity index (χ2n) is 6.53. The molecule has 0 radical (unpaired) electrons. The molecule has 2 aromatic carbocycles. The van der Waals surface area contributed by atoms with Crippen molar-refractivity contribution >= 4 is 29.5 Å². The number of hydrogen-bond donors (Lipinski definition) is 0. The smallest absolute Gasteiger partial charge is 0.435 e. The van der Waals surface area contributed by atoms with E-state index in [4.69, 9.17) is 21.1 Å². The van der Waals surface area contributed by atoms with Gasteiger partial charge in [-0.25, -0.2) is 4.68 Å². The Morgan fingerprint density at radius 1 is 1.19 bits per heavy atom. The third-order valence-corrected chi connectivity index (χ3v) is 5.00. The number of benzene rings is 2. The van der Waals surface area contributed by atoms with Gasteiger partial charge >= 0.3 is 6.18 Å². The third kappa shape index (κ3) is 3.70. The van der Waals surface area contributed by atoms with Gasteiger partial charge in [0.15, 0.2) is 23.5 Å². The minimum atomic E-state index is -4.86. The summed E-state index contributed by atoms with van der Waals surface area (Å²) in [4.78, 5) is 25.4. The summed E-state index contributed by atoms with van der Waals surface area (Å²) in [5.41, 5.74) is -1.39. The number of aromatic nitrogens is 2. The molecule has 1 aromatic heterocycles. The maximum Gasteiger partial charge on any atom is 0.435 e. The quantitative estimate of drug-likeness (QED) is 0.551. The molecule has 7 nitrogen and oxygen atoms in total. The number of aldehydes is 1. The summed E-state index contributed by atoms with van der Waals surface area (Å²) in [6, 6.07) is 10.7. The fourth-order valence-electron chi connectivity index (χ4n) is 3.07. The minimum absolute atomic E-state index is 0.00290. The normalized spacial score (nSPS) is 12.7. The second-order valence-corrected chi connectivity index (χ2v) is 6.89. The van der Waals surface area contributed by atoms with Crippen LogP contribution in [0.15, 0.2) is 42.5 Å². The molecular weight excluding hydrogens is 439 g/mol. The Morgan fingerprint density at radius 2 is 1.94 bits per heavy atom. The molecular formula is C20H13ClF3N3O4. The summed E-state index contributed by atoms with van der Waals surface area (Å²) < 4.78 is 50.8. The van der Waals surface area contributed by atoms with Gasteiger partial charge in [-0.3, -0.25) is 9.59 Å². The van der Waals surface area contributed by atoms with E-state index in [2.05, 4.69) is 5.10 Å². The van der Waals surface area contributed by atoms with Crippen LogP contribution in [0, 0.1) is 0 Å². The van der Waals surface area contributed by atoms with Crippen molar-refractivity contribution in [1.29, 1.82) is 0 Å². The van der Waals surface area contributed by atoms with Crippen LogP contribution in [0.4, 0.5) is 18.9 Å². The zero-order chi connectivity index (χ0) is 22.3. The molecule has 0 spiro atoms. The Labute approximate surface area is 178 Å². The van der Waals surface area contributed by atoms with Gasteiger partial charge in [-0.05, 0) is 30.3 Å². The Bertz CT molecular complexity index is 1190. The maximum absolute atomic E-state index is 13.2. The van der Waals surface area contributed by atoms with Gasteiger partial charge in [0, 0.05) is 24.4 Å². The largest absolute Gasteiger partial charge is 0.454 e. The number of carbonyl (C=O) groups excluding carboxylic acids is 2. The topological polar surface area (TPSA) is 73.7 Å². The molecule has 0 unspecified atom stereocenters. The zero-order valence-corrected chi connectivity index (χ0v) is 16.6. The van der Waals surface area contributed by atoms with Crippen LogP contribution < -0.4 is 14.4 Å². The fourth-order valence-corrected chi connectivity index (χ4v) is 3.34. The summed E-state index contributed by atoms with van der Waals surface area (Å²) in [5, 5.41) is 2.93. The SMILES string of the molecule is CN(C(=O)c1cccc(-n2nc(C(F)(F)F)c(C=O)c2Cl)c1)c1ccc2c(c1)OCO2. The molecule has 0 saturated heterocycles. The third-order valence-electron chi connectivity index (χ3n) is 4.64. The van der Waals surface area contributed by atoms with Crippen molar-refractivity contribution in [1.82, 2.24) is 9.78 Å². The van der Waals surface area contributed by atoms with Gasteiger partial charge in [0.2, 0.25) is 6.79 Å². The van der Waals surface area contributed by atoms with Crippen molar-refractivity contribution < 1.29 is 32.2 Å². The minimum Gasteiger partial charge on any atom is -0.454 e. The Balaban J connectivity index is 1.68. The van der Waals surface area contributed by atoms with Gasteiger partial charge in [-0.2, -0.15) is 18.3 Å². The van der Waals surface area contributed by atoms with Crippen molar-refractivity contribution in [3.8, 4) is 17.2 Å². The highest BCUT2D eigenvalue weighted by Crippen LogP contribution is 2.36. The molecule has 0 N–H and O–H groups in total. The first-order valence-electron chi connectivity index (χ1n) is 8.79. The van der Waals surface area contributed by atoms with Gasteiger partial charge in [-0.15, -0.1) is 0 Å². The Morgan fingerprint density at radius 3 is 2.61 bits per heavy atom. The molecule has 0 fully saturated rings. The van der Waals surface area contributed by atoms with Gasteiger partial charge < -0.3 is 14.4 Å². The first kappa shape index (κ1) is 20.7. The molecule has 2 heterocycles. The highest BCUT2D eigenvalue weighted by Gasteiger charge is 2.39. The highest BCUT2D eigenvalue weighted by molar-refractivity contribution is 6.32. The lowest BCUT2D eigenvalue weighted by molar-refractivity contribution is -0.141.